The van der Waals surface area contributed by atoms with Crippen molar-refractivity contribution in [3.63, 3.8) is 0 Å². The van der Waals surface area contributed by atoms with Crippen LogP contribution in [0.3, 0.4) is 0 Å². The van der Waals surface area contributed by atoms with E-state index in [9.17, 15) is 0 Å². The second kappa shape index (κ2) is 6.06. The third-order valence-corrected chi connectivity index (χ3v) is 1.97. The molecule has 0 aliphatic carbocycles. The van der Waals surface area contributed by atoms with Crippen LogP contribution in [0.4, 0.5) is 17.3 Å². The van der Waals surface area contributed by atoms with Crippen LogP contribution in [0.5, 0.6) is 0 Å². The number of rotatable bonds is 6. The summed E-state index contributed by atoms with van der Waals surface area (Å²) in [6.07, 6.45) is 3.61. The molecule has 0 saturated carbocycles. The molecule has 0 unspecified atom stereocenters. The van der Waals surface area contributed by atoms with Gasteiger partial charge in [-0.3, -0.25) is 0 Å². The molecule has 15 heavy (non-hydrogen) atoms. The number of nitrogen functional groups attached to an aromatic ring is 1. The third kappa shape index (κ3) is 3.27. The highest BCUT2D eigenvalue weighted by Crippen LogP contribution is 2.21. The fourth-order valence-electron chi connectivity index (χ4n) is 1.16. The van der Waals surface area contributed by atoms with E-state index < -0.39 is 0 Å². The number of nitrogens with one attached hydrogen (secondary N) is 2. The molecular weight excluding hydrogens is 190 g/mol. The summed E-state index contributed by atoms with van der Waals surface area (Å²) in [4.78, 5) is 8.19. The van der Waals surface area contributed by atoms with Gasteiger partial charge in [0.05, 0.1) is 0 Å². The van der Waals surface area contributed by atoms with Gasteiger partial charge in [0, 0.05) is 13.1 Å². The smallest absolute Gasteiger partial charge is 0.154 e. The molecule has 0 atom stereocenters. The van der Waals surface area contributed by atoms with Crippen molar-refractivity contribution in [1.82, 2.24) is 9.97 Å². The van der Waals surface area contributed by atoms with E-state index in [1.54, 1.807) is 0 Å². The third-order valence-electron chi connectivity index (χ3n) is 1.97. The Balaban J connectivity index is 2.71. The zero-order valence-electron chi connectivity index (χ0n) is 9.38. The summed E-state index contributed by atoms with van der Waals surface area (Å²) in [6.45, 7) is 5.93. The van der Waals surface area contributed by atoms with Crippen molar-refractivity contribution < 1.29 is 0 Å². The molecule has 84 valence electrons. The van der Waals surface area contributed by atoms with Crippen LogP contribution >= 0.6 is 0 Å². The maximum absolute atomic E-state index is 5.91. The summed E-state index contributed by atoms with van der Waals surface area (Å²) in [6, 6.07) is 0. The zero-order valence-corrected chi connectivity index (χ0v) is 9.38. The summed E-state index contributed by atoms with van der Waals surface area (Å²) in [5.41, 5.74) is 6.51. The van der Waals surface area contributed by atoms with Gasteiger partial charge in [-0.15, -0.1) is 0 Å². The minimum Gasteiger partial charge on any atom is -0.393 e. The predicted octanol–water partition coefficient (Wildman–Crippen LogP) is 1.70. The van der Waals surface area contributed by atoms with Crippen molar-refractivity contribution >= 4 is 17.3 Å². The van der Waals surface area contributed by atoms with Crippen LogP contribution in [0.25, 0.3) is 0 Å². The van der Waals surface area contributed by atoms with Crippen molar-refractivity contribution in [2.45, 2.75) is 26.7 Å². The standard InChI is InChI=1S/C10H19N5/c1-3-5-12-9-8(11)10(13-6-4-2)15-7-14-9/h7H,3-6,11H2,1-2H3,(H2,12,13,14,15). The summed E-state index contributed by atoms with van der Waals surface area (Å²) in [5, 5.41) is 6.33. The van der Waals surface area contributed by atoms with Gasteiger partial charge in [0.15, 0.2) is 11.6 Å². The maximum Gasteiger partial charge on any atom is 0.154 e. The van der Waals surface area contributed by atoms with Gasteiger partial charge in [-0.05, 0) is 12.8 Å². The lowest BCUT2D eigenvalue weighted by Crippen LogP contribution is -2.10. The molecule has 0 aliphatic rings. The number of aromatic nitrogens is 2. The van der Waals surface area contributed by atoms with E-state index in [4.69, 9.17) is 5.73 Å². The average molecular weight is 209 g/mol. The van der Waals surface area contributed by atoms with E-state index in [-0.39, 0.29) is 0 Å². The number of nitrogens with zero attached hydrogens (tertiary/aromatic N) is 2. The molecule has 5 nitrogen and oxygen atoms in total. The number of hydrogen-bond acceptors (Lipinski definition) is 5. The quantitative estimate of drug-likeness (QED) is 0.665. The molecule has 0 aromatic carbocycles. The Morgan fingerprint density at radius 2 is 1.53 bits per heavy atom. The highest BCUT2D eigenvalue weighted by Gasteiger charge is 2.05. The fourth-order valence-corrected chi connectivity index (χ4v) is 1.16. The van der Waals surface area contributed by atoms with E-state index in [1.165, 1.54) is 6.33 Å². The number of anilines is 3. The first-order chi connectivity index (χ1) is 7.29. The van der Waals surface area contributed by atoms with Gasteiger partial charge in [0.1, 0.15) is 12.0 Å². The zero-order chi connectivity index (χ0) is 11.1. The van der Waals surface area contributed by atoms with Crippen LogP contribution in [-0.4, -0.2) is 23.1 Å². The second-order valence-electron chi connectivity index (χ2n) is 3.34. The van der Waals surface area contributed by atoms with Crippen LogP contribution in [0.2, 0.25) is 0 Å². The average Bonchev–Trinajstić information content (AvgIpc) is 2.26. The van der Waals surface area contributed by atoms with Crippen molar-refractivity contribution in [2.75, 3.05) is 29.5 Å². The number of hydrogen-bond donors (Lipinski definition) is 3. The van der Waals surface area contributed by atoms with Gasteiger partial charge in [-0.2, -0.15) is 0 Å². The van der Waals surface area contributed by atoms with Crippen LogP contribution in [0.15, 0.2) is 6.33 Å². The molecule has 0 spiro atoms. The van der Waals surface area contributed by atoms with E-state index in [0.29, 0.717) is 17.3 Å². The van der Waals surface area contributed by atoms with Crippen molar-refractivity contribution in [1.29, 1.82) is 0 Å². The molecule has 1 rings (SSSR count). The molecular formula is C10H19N5. The lowest BCUT2D eigenvalue weighted by Gasteiger charge is -2.11. The minimum absolute atomic E-state index is 0.597. The van der Waals surface area contributed by atoms with Gasteiger partial charge < -0.3 is 16.4 Å². The Morgan fingerprint density at radius 1 is 1.07 bits per heavy atom. The predicted molar refractivity (Wildman–Crippen MR) is 64.0 cm³/mol. The van der Waals surface area contributed by atoms with Crippen LogP contribution < -0.4 is 16.4 Å². The summed E-state index contributed by atoms with van der Waals surface area (Å²) in [7, 11) is 0. The van der Waals surface area contributed by atoms with Crippen LogP contribution in [0.1, 0.15) is 26.7 Å². The molecule has 5 heteroatoms. The Morgan fingerprint density at radius 3 is 1.93 bits per heavy atom. The van der Waals surface area contributed by atoms with Gasteiger partial charge >= 0.3 is 0 Å². The summed E-state index contributed by atoms with van der Waals surface area (Å²) >= 11 is 0. The normalized spacial score (nSPS) is 10.0. The molecule has 0 bridgehead atoms. The Bertz CT molecular complexity index is 274. The molecule has 1 aromatic heterocycles. The molecule has 0 saturated heterocycles. The summed E-state index contributed by atoms with van der Waals surface area (Å²) in [5.74, 6) is 1.43. The van der Waals surface area contributed by atoms with E-state index in [0.717, 1.165) is 25.9 Å². The van der Waals surface area contributed by atoms with Gasteiger partial charge in [0.25, 0.3) is 0 Å². The second-order valence-corrected chi connectivity index (χ2v) is 3.34. The van der Waals surface area contributed by atoms with E-state index in [1.807, 2.05) is 0 Å². The van der Waals surface area contributed by atoms with E-state index >= 15 is 0 Å². The Kier molecular flexibility index (Phi) is 4.66. The lowest BCUT2D eigenvalue weighted by atomic mass is 10.4. The van der Waals surface area contributed by atoms with Crippen LogP contribution in [0, 0.1) is 0 Å². The first-order valence-corrected chi connectivity index (χ1v) is 5.37. The molecule has 1 heterocycles. The fraction of sp³-hybridized carbons (Fsp3) is 0.600. The maximum atomic E-state index is 5.91. The topological polar surface area (TPSA) is 75.9 Å². The Labute approximate surface area is 90.5 Å². The molecule has 0 amide bonds. The Hall–Kier alpha value is -1.52. The van der Waals surface area contributed by atoms with Crippen molar-refractivity contribution in [3.05, 3.63) is 6.33 Å². The minimum atomic E-state index is 0.597. The molecule has 0 radical (unpaired) electrons. The highest BCUT2D eigenvalue weighted by atomic mass is 15.1. The van der Waals surface area contributed by atoms with Crippen molar-refractivity contribution in [3.8, 4) is 0 Å². The van der Waals surface area contributed by atoms with Gasteiger partial charge in [-0.25, -0.2) is 9.97 Å². The SMILES string of the molecule is CCCNc1ncnc(NCCC)c1N. The first kappa shape index (κ1) is 11.6. The van der Waals surface area contributed by atoms with Gasteiger partial charge in [-0.1, -0.05) is 13.8 Å². The molecule has 4 N–H and O–H groups in total. The van der Waals surface area contributed by atoms with Gasteiger partial charge in [0.2, 0.25) is 0 Å². The highest BCUT2D eigenvalue weighted by molar-refractivity contribution is 5.73. The van der Waals surface area contributed by atoms with E-state index in [2.05, 4.69) is 34.4 Å². The number of nitrogens with two attached hydrogens (primary N) is 1. The van der Waals surface area contributed by atoms with Crippen LogP contribution in [-0.2, 0) is 0 Å². The monoisotopic (exact) mass is 209 g/mol. The first-order valence-electron chi connectivity index (χ1n) is 5.37. The largest absolute Gasteiger partial charge is 0.393 e. The molecule has 1 aromatic rings. The lowest BCUT2D eigenvalue weighted by molar-refractivity contribution is 0.953. The van der Waals surface area contributed by atoms with Crippen molar-refractivity contribution in [2.24, 2.45) is 0 Å². The molecule has 0 aliphatic heterocycles. The molecule has 0 fully saturated rings. The summed E-state index contributed by atoms with van der Waals surface area (Å²) < 4.78 is 0.